The van der Waals surface area contributed by atoms with E-state index in [0.717, 1.165) is 5.56 Å². The van der Waals surface area contributed by atoms with Crippen LogP contribution in [0.25, 0.3) is 0 Å². The molecular weight excluding hydrogens is 154 g/mol. The number of nitrogens with two attached hydrogens (primary N) is 1. The van der Waals surface area contributed by atoms with E-state index in [4.69, 9.17) is 12.2 Å². The Morgan fingerprint density at radius 1 is 1.67 bits per heavy atom. The van der Waals surface area contributed by atoms with Gasteiger partial charge in [-0.25, -0.2) is 0 Å². The van der Waals surface area contributed by atoms with Gasteiger partial charge in [-0.2, -0.15) is 0 Å². The van der Waals surface area contributed by atoms with Crippen LogP contribution in [0.1, 0.15) is 6.93 Å². The SMILES string of the molecule is [2H]c1ccc(CC(N)C(=O)O)cc1. The average molecular weight is 166 g/mol. The molecular formula is C9H11NO2. The second kappa shape index (κ2) is 3.88. The fourth-order valence-corrected chi connectivity index (χ4v) is 0.899. The topological polar surface area (TPSA) is 63.3 Å². The Balaban J connectivity index is 2.64. The first-order valence-corrected chi connectivity index (χ1v) is 3.63. The third-order valence-electron chi connectivity index (χ3n) is 1.56. The zero-order valence-corrected chi connectivity index (χ0v) is 6.53. The molecule has 3 N–H and O–H groups in total. The molecule has 0 bridgehead atoms. The van der Waals surface area contributed by atoms with Crippen molar-refractivity contribution < 1.29 is 11.3 Å². The first kappa shape index (κ1) is 7.31. The lowest BCUT2D eigenvalue weighted by Crippen LogP contribution is -2.32. The van der Waals surface area contributed by atoms with Crippen molar-refractivity contribution in [1.82, 2.24) is 0 Å². The van der Waals surface area contributed by atoms with Crippen LogP contribution in [0, 0.1) is 0 Å². The Hall–Kier alpha value is -1.35. The van der Waals surface area contributed by atoms with Crippen LogP contribution in [-0.4, -0.2) is 17.1 Å². The molecule has 0 heterocycles. The summed E-state index contributed by atoms with van der Waals surface area (Å²) in [5.74, 6) is -1.00. The molecule has 64 valence electrons. The van der Waals surface area contributed by atoms with Crippen LogP contribution in [0.5, 0.6) is 0 Å². The molecule has 1 aromatic carbocycles. The van der Waals surface area contributed by atoms with Gasteiger partial charge in [-0.3, -0.25) is 4.79 Å². The van der Waals surface area contributed by atoms with Crippen LogP contribution >= 0.6 is 0 Å². The average Bonchev–Trinajstić information content (AvgIpc) is 2.08. The van der Waals surface area contributed by atoms with Crippen molar-refractivity contribution in [2.45, 2.75) is 12.5 Å². The Labute approximate surface area is 72.2 Å². The Kier molecular flexibility index (Phi) is 2.36. The fraction of sp³-hybridized carbons (Fsp3) is 0.222. The molecule has 0 amide bonds. The molecule has 12 heavy (non-hydrogen) atoms. The van der Waals surface area contributed by atoms with E-state index < -0.39 is 12.0 Å². The standard InChI is InChI=1S/C9H11NO2/c10-8(9(11)12)6-7-4-2-1-3-5-7/h1-5,8H,6,10H2,(H,11,12)/i1D. The Bertz CT molecular complexity index is 297. The highest BCUT2D eigenvalue weighted by atomic mass is 16.4. The summed E-state index contributed by atoms with van der Waals surface area (Å²) in [6.07, 6.45) is 0.301. The summed E-state index contributed by atoms with van der Waals surface area (Å²) in [7, 11) is 0. The minimum atomic E-state index is -1.00. The minimum Gasteiger partial charge on any atom is -0.480 e. The van der Waals surface area contributed by atoms with E-state index >= 15 is 0 Å². The van der Waals surface area contributed by atoms with Gasteiger partial charge < -0.3 is 10.8 Å². The van der Waals surface area contributed by atoms with Gasteiger partial charge in [0.25, 0.3) is 0 Å². The summed E-state index contributed by atoms with van der Waals surface area (Å²) in [5.41, 5.74) is 6.18. The van der Waals surface area contributed by atoms with Gasteiger partial charge in [0.15, 0.2) is 0 Å². The monoisotopic (exact) mass is 166 g/mol. The van der Waals surface area contributed by atoms with Crippen molar-refractivity contribution in [2.75, 3.05) is 0 Å². The zero-order chi connectivity index (χ0) is 9.84. The molecule has 1 rings (SSSR count). The van der Waals surface area contributed by atoms with Crippen molar-refractivity contribution in [2.24, 2.45) is 5.73 Å². The van der Waals surface area contributed by atoms with Gasteiger partial charge in [-0.1, -0.05) is 30.3 Å². The van der Waals surface area contributed by atoms with Gasteiger partial charge in [-0.15, -0.1) is 0 Å². The number of benzene rings is 1. The summed E-state index contributed by atoms with van der Waals surface area (Å²) in [6, 6.07) is 6.20. The molecule has 3 nitrogen and oxygen atoms in total. The van der Waals surface area contributed by atoms with Crippen molar-refractivity contribution in [3.05, 3.63) is 35.9 Å². The van der Waals surface area contributed by atoms with Gasteiger partial charge in [0.2, 0.25) is 0 Å². The molecule has 1 atom stereocenters. The smallest absolute Gasteiger partial charge is 0.320 e. The Morgan fingerprint density at radius 2 is 2.25 bits per heavy atom. The highest BCUT2D eigenvalue weighted by Gasteiger charge is 2.10. The second-order valence-corrected chi connectivity index (χ2v) is 2.56. The molecule has 1 unspecified atom stereocenters. The van der Waals surface area contributed by atoms with E-state index in [2.05, 4.69) is 0 Å². The van der Waals surface area contributed by atoms with E-state index in [1.165, 1.54) is 0 Å². The van der Waals surface area contributed by atoms with Crippen LogP contribution in [0.15, 0.2) is 30.3 Å². The predicted molar refractivity (Wildman–Crippen MR) is 45.8 cm³/mol. The second-order valence-electron chi connectivity index (χ2n) is 2.56. The minimum absolute atomic E-state index is 0.301. The number of hydrogen-bond donors (Lipinski definition) is 2. The lowest BCUT2D eigenvalue weighted by Gasteiger charge is -2.04. The van der Waals surface area contributed by atoms with Crippen LogP contribution in [0.3, 0.4) is 0 Å². The van der Waals surface area contributed by atoms with E-state index in [1.54, 1.807) is 24.3 Å². The number of carboxylic acids is 1. The molecule has 0 fully saturated rings. The molecule has 0 radical (unpaired) electrons. The molecule has 1 aromatic rings. The van der Waals surface area contributed by atoms with Gasteiger partial charge in [0, 0.05) is 0 Å². The number of aliphatic carboxylic acids is 1. The molecule has 0 aliphatic heterocycles. The van der Waals surface area contributed by atoms with Crippen LogP contribution in [-0.2, 0) is 11.2 Å². The summed E-state index contributed by atoms with van der Waals surface area (Å²) in [4.78, 5) is 10.4. The van der Waals surface area contributed by atoms with Gasteiger partial charge in [0.05, 0.1) is 1.37 Å². The summed E-state index contributed by atoms with van der Waals surface area (Å²) in [5, 5.41) is 8.54. The van der Waals surface area contributed by atoms with Crippen LogP contribution < -0.4 is 5.73 Å². The third kappa shape index (κ3) is 2.36. The first-order chi connectivity index (χ1) is 6.09. The van der Waals surface area contributed by atoms with Crippen molar-refractivity contribution in [3.63, 3.8) is 0 Å². The quantitative estimate of drug-likeness (QED) is 0.692. The lowest BCUT2D eigenvalue weighted by molar-refractivity contribution is -0.138. The molecule has 0 spiro atoms. The molecule has 0 saturated carbocycles. The molecule has 0 saturated heterocycles. The first-order valence-electron chi connectivity index (χ1n) is 4.13. The maximum absolute atomic E-state index is 10.4. The number of hydrogen-bond acceptors (Lipinski definition) is 2. The molecule has 0 aliphatic rings. The van der Waals surface area contributed by atoms with Gasteiger partial charge in [-0.05, 0) is 12.0 Å². The van der Waals surface area contributed by atoms with Gasteiger partial charge in [0.1, 0.15) is 6.04 Å². The van der Waals surface area contributed by atoms with Crippen molar-refractivity contribution >= 4 is 5.97 Å². The van der Waals surface area contributed by atoms with E-state index in [0.29, 0.717) is 12.5 Å². The molecule has 3 heteroatoms. The largest absolute Gasteiger partial charge is 0.480 e. The molecule has 0 aliphatic carbocycles. The third-order valence-corrected chi connectivity index (χ3v) is 1.56. The normalized spacial score (nSPS) is 13.6. The van der Waals surface area contributed by atoms with E-state index in [9.17, 15) is 4.79 Å². The Morgan fingerprint density at radius 3 is 2.75 bits per heavy atom. The highest BCUT2D eigenvalue weighted by molar-refractivity contribution is 5.73. The maximum Gasteiger partial charge on any atom is 0.320 e. The zero-order valence-electron chi connectivity index (χ0n) is 7.53. The van der Waals surface area contributed by atoms with Crippen LogP contribution in [0.4, 0.5) is 0 Å². The highest BCUT2D eigenvalue weighted by Crippen LogP contribution is 2.01. The summed E-state index contributed by atoms with van der Waals surface area (Å²) < 4.78 is 7.21. The number of carbonyl (C=O) groups is 1. The summed E-state index contributed by atoms with van der Waals surface area (Å²) >= 11 is 0. The lowest BCUT2D eigenvalue weighted by atomic mass is 10.1. The van der Waals surface area contributed by atoms with E-state index in [-0.39, 0.29) is 0 Å². The predicted octanol–water partition coefficient (Wildman–Crippen LogP) is 0.641. The van der Waals surface area contributed by atoms with Crippen molar-refractivity contribution in [3.8, 4) is 0 Å². The van der Waals surface area contributed by atoms with E-state index in [1.807, 2.05) is 0 Å². The number of carboxylic acid groups (broad SMARTS) is 1. The molecule has 0 aromatic heterocycles. The summed E-state index contributed by atoms with van der Waals surface area (Å²) in [6.45, 7) is 0. The van der Waals surface area contributed by atoms with Crippen molar-refractivity contribution in [1.29, 1.82) is 0 Å². The maximum atomic E-state index is 10.4. The fourth-order valence-electron chi connectivity index (χ4n) is 0.899. The number of rotatable bonds is 3. The van der Waals surface area contributed by atoms with Gasteiger partial charge >= 0.3 is 5.97 Å². The van der Waals surface area contributed by atoms with Crippen LogP contribution in [0.2, 0.25) is 0 Å².